The van der Waals surface area contributed by atoms with Crippen LogP contribution in [-0.2, 0) is 6.54 Å². The summed E-state index contributed by atoms with van der Waals surface area (Å²) in [5.41, 5.74) is 2.21. The molecule has 1 amide bonds. The van der Waals surface area contributed by atoms with E-state index in [1.54, 1.807) is 29.4 Å². The van der Waals surface area contributed by atoms with Gasteiger partial charge in [-0.3, -0.25) is 9.78 Å². The van der Waals surface area contributed by atoms with Crippen LogP contribution in [0.3, 0.4) is 0 Å². The number of aromatic nitrogens is 3. The molecule has 2 aromatic heterocycles. The van der Waals surface area contributed by atoms with Crippen molar-refractivity contribution in [2.45, 2.75) is 13.5 Å². The molecule has 0 radical (unpaired) electrons. The molecule has 0 fully saturated rings. The molecule has 3 aromatic rings. The number of para-hydroxylation sites is 1. The standard InChI is InChI=1S/C19H19N5O/c1-2-24(16-8-4-3-5-9-16)19(25)17-10-11-18(23-22-17)21-14-15-7-6-12-20-13-15/h3-13H,2,14H2,1H3,(H,21,23). The first-order valence-corrected chi connectivity index (χ1v) is 8.11. The van der Waals surface area contributed by atoms with Gasteiger partial charge in [0.25, 0.3) is 5.91 Å². The molecule has 0 aliphatic heterocycles. The summed E-state index contributed by atoms with van der Waals surface area (Å²) in [6, 6.07) is 16.8. The highest BCUT2D eigenvalue weighted by Crippen LogP contribution is 2.16. The lowest BCUT2D eigenvalue weighted by Gasteiger charge is -2.20. The number of carbonyl (C=O) groups is 1. The van der Waals surface area contributed by atoms with Crippen molar-refractivity contribution in [3.8, 4) is 0 Å². The first-order chi connectivity index (χ1) is 12.3. The van der Waals surface area contributed by atoms with Crippen LogP contribution in [0.25, 0.3) is 0 Å². The van der Waals surface area contributed by atoms with Crippen LogP contribution in [0.15, 0.2) is 67.0 Å². The first kappa shape index (κ1) is 16.6. The fourth-order valence-electron chi connectivity index (χ4n) is 2.43. The third-order valence-electron chi connectivity index (χ3n) is 3.71. The normalized spacial score (nSPS) is 10.3. The SMILES string of the molecule is CCN(C(=O)c1ccc(NCc2cccnc2)nn1)c1ccccc1. The Balaban J connectivity index is 1.68. The lowest BCUT2D eigenvalue weighted by molar-refractivity contribution is 0.0982. The van der Waals surface area contributed by atoms with E-state index >= 15 is 0 Å². The second-order valence-electron chi connectivity index (χ2n) is 5.40. The van der Waals surface area contributed by atoms with Gasteiger partial charge in [0.15, 0.2) is 5.69 Å². The van der Waals surface area contributed by atoms with E-state index in [-0.39, 0.29) is 5.91 Å². The molecule has 3 rings (SSSR count). The van der Waals surface area contributed by atoms with Crippen molar-refractivity contribution in [1.82, 2.24) is 15.2 Å². The number of pyridine rings is 1. The van der Waals surface area contributed by atoms with E-state index in [2.05, 4.69) is 20.5 Å². The van der Waals surface area contributed by atoms with E-state index in [1.165, 1.54) is 0 Å². The van der Waals surface area contributed by atoms with E-state index in [1.807, 2.05) is 49.4 Å². The van der Waals surface area contributed by atoms with Gasteiger partial charge in [-0.1, -0.05) is 24.3 Å². The Hall–Kier alpha value is -3.28. The summed E-state index contributed by atoms with van der Waals surface area (Å²) in [5, 5.41) is 11.3. The topological polar surface area (TPSA) is 71.0 Å². The molecule has 0 spiro atoms. The predicted molar refractivity (Wildman–Crippen MR) is 97.4 cm³/mol. The number of hydrogen-bond donors (Lipinski definition) is 1. The van der Waals surface area contributed by atoms with E-state index in [0.29, 0.717) is 24.6 Å². The monoisotopic (exact) mass is 333 g/mol. The van der Waals surface area contributed by atoms with Crippen molar-refractivity contribution >= 4 is 17.4 Å². The fourth-order valence-corrected chi connectivity index (χ4v) is 2.43. The lowest BCUT2D eigenvalue weighted by Crippen LogP contribution is -2.31. The number of benzene rings is 1. The molecule has 126 valence electrons. The quantitative estimate of drug-likeness (QED) is 0.750. The van der Waals surface area contributed by atoms with Gasteiger partial charge in [-0.15, -0.1) is 10.2 Å². The van der Waals surface area contributed by atoms with Gasteiger partial charge in [0.1, 0.15) is 5.82 Å². The van der Waals surface area contributed by atoms with Gasteiger partial charge in [-0.2, -0.15) is 0 Å². The summed E-state index contributed by atoms with van der Waals surface area (Å²) >= 11 is 0. The van der Waals surface area contributed by atoms with Crippen LogP contribution >= 0.6 is 0 Å². The third-order valence-corrected chi connectivity index (χ3v) is 3.71. The summed E-state index contributed by atoms with van der Waals surface area (Å²) in [5.74, 6) is 0.447. The van der Waals surface area contributed by atoms with Crippen molar-refractivity contribution in [1.29, 1.82) is 0 Å². The Bertz CT molecular complexity index is 806. The molecule has 2 heterocycles. The number of amides is 1. The molecule has 0 bridgehead atoms. The maximum Gasteiger partial charge on any atom is 0.278 e. The van der Waals surface area contributed by atoms with Crippen LogP contribution in [0.1, 0.15) is 23.0 Å². The molecule has 1 aromatic carbocycles. The smallest absolute Gasteiger partial charge is 0.278 e. The van der Waals surface area contributed by atoms with Crippen LogP contribution in [-0.4, -0.2) is 27.6 Å². The third kappa shape index (κ3) is 4.17. The van der Waals surface area contributed by atoms with Crippen LogP contribution in [0, 0.1) is 0 Å². The summed E-state index contributed by atoms with van der Waals surface area (Å²) in [4.78, 5) is 18.4. The molecule has 0 atom stereocenters. The van der Waals surface area contributed by atoms with Gasteiger partial charge in [0.2, 0.25) is 0 Å². The highest BCUT2D eigenvalue weighted by atomic mass is 16.2. The van der Waals surface area contributed by atoms with Crippen LogP contribution in [0.5, 0.6) is 0 Å². The van der Waals surface area contributed by atoms with Gasteiger partial charge in [-0.05, 0) is 42.8 Å². The summed E-state index contributed by atoms with van der Waals surface area (Å²) in [7, 11) is 0. The zero-order valence-electron chi connectivity index (χ0n) is 14.0. The minimum atomic E-state index is -0.167. The molecular weight excluding hydrogens is 314 g/mol. The molecule has 0 aliphatic rings. The Morgan fingerprint density at radius 3 is 2.52 bits per heavy atom. The largest absolute Gasteiger partial charge is 0.364 e. The maximum atomic E-state index is 12.7. The molecule has 6 nitrogen and oxygen atoms in total. The second-order valence-corrected chi connectivity index (χ2v) is 5.40. The average molecular weight is 333 g/mol. The van der Waals surface area contributed by atoms with Crippen molar-refractivity contribution in [3.63, 3.8) is 0 Å². The summed E-state index contributed by atoms with van der Waals surface area (Å²) in [6.07, 6.45) is 3.52. The van der Waals surface area contributed by atoms with E-state index in [0.717, 1.165) is 11.3 Å². The van der Waals surface area contributed by atoms with Crippen molar-refractivity contribution < 1.29 is 4.79 Å². The number of nitrogens with one attached hydrogen (secondary N) is 1. The predicted octanol–water partition coefficient (Wildman–Crippen LogP) is 3.15. The lowest BCUT2D eigenvalue weighted by atomic mass is 10.2. The van der Waals surface area contributed by atoms with Gasteiger partial charge in [0, 0.05) is 31.2 Å². The zero-order chi connectivity index (χ0) is 17.5. The van der Waals surface area contributed by atoms with Gasteiger partial charge in [0.05, 0.1) is 0 Å². The Kier molecular flexibility index (Phi) is 5.31. The molecule has 0 saturated heterocycles. The van der Waals surface area contributed by atoms with Crippen LogP contribution in [0.2, 0.25) is 0 Å². The van der Waals surface area contributed by atoms with Gasteiger partial charge < -0.3 is 10.2 Å². The fraction of sp³-hybridized carbons (Fsp3) is 0.158. The first-order valence-electron chi connectivity index (χ1n) is 8.11. The molecule has 6 heteroatoms. The molecule has 1 N–H and O–H groups in total. The van der Waals surface area contributed by atoms with Gasteiger partial charge in [-0.25, -0.2) is 0 Å². The number of rotatable bonds is 6. The number of hydrogen-bond acceptors (Lipinski definition) is 5. The summed E-state index contributed by atoms with van der Waals surface area (Å²) < 4.78 is 0. The summed E-state index contributed by atoms with van der Waals surface area (Å²) in [6.45, 7) is 3.09. The minimum absolute atomic E-state index is 0.167. The van der Waals surface area contributed by atoms with E-state index in [9.17, 15) is 4.79 Å². The van der Waals surface area contributed by atoms with E-state index < -0.39 is 0 Å². The molecule has 25 heavy (non-hydrogen) atoms. The van der Waals surface area contributed by atoms with E-state index in [4.69, 9.17) is 0 Å². The van der Waals surface area contributed by atoms with Crippen molar-refractivity contribution in [2.24, 2.45) is 0 Å². The zero-order valence-corrected chi connectivity index (χ0v) is 14.0. The van der Waals surface area contributed by atoms with Crippen molar-refractivity contribution in [3.05, 3.63) is 78.2 Å². The maximum absolute atomic E-state index is 12.7. The molecular formula is C19H19N5O. The van der Waals surface area contributed by atoms with Crippen LogP contribution in [0.4, 0.5) is 11.5 Å². The van der Waals surface area contributed by atoms with Crippen LogP contribution < -0.4 is 10.2 Å². The Labute approximate surface area is 146 Å². The Morgan fingerprint density at radius 1 is 1.04 bits per heavy atom. The van der Waals surface area contributed by atoms with Crippen molar-refractivity contribution in [2.75, 3.05) is 16.8 Å². The highest BCUT2D eigenvalue weighted by Gasteiger charge is 2.17. The number of nitrogens with zero attached hydrogens (tertiary/aromatic N) is 4. The highest BCUT2D eigenvalue weighted by molar-refractivity contribution is 6.04. The molecule has 0 aliphatic carbocycles. The van der Waals surface area contributed by atoms with Gasteiger partial charge >= 0.3 is 0 Å². The molecule has 0 saturated carbocycles. The minimum Gasteiger partial charge on any atom is -0.364 e. The molecule has 0 unspecified atom stereocenters. The number of anilines is 2. The second kappa shape index (κ2) is 8.01. The number of carbonyl (C=O) groups excluding carboxylic acids is 1. The Morgan fingerprint density at radius 2 is 1.88 bits per heavy atom. The average Bonchev–Trinajstić information content (AvgIpc) is 2.69.